The molecule has 6 nitrogen and oxygen atoms in total. The third-order valence-corrected chi connectivity index (χ3v) is 3.75. The van der Waals surface area contributed by atoms with Gasteiger partial charge in [-0.15, -0.1) is 0 Å². The Balaban J connectivity index is 1.96. The number of likely N-dealkylation sites (tertiary alicyclic amines) is 1. The minimum absolute atomic E-state index is 0.0929. The van der Waals surface area contributed by atoms with Crippen molar-refractivity contribution in [1.29, 1.82) is 0 Å². The molecule has 6 heteroatoms. The summed E-state index contributed by atoms with van der Waals surface area (Å²) < 4.78 is 1.80. The summed E-state index contributed by atoms with van der Waals surface area (Å²) in [5, 5.41) is 13.5. The Bertz CT molecular complexity index is 510. The number of nitrogens with zero attached hydrogens (tertiary/aromatic N) is 3. The quantitative estimate of drug-likeness (QED) is 0.903. The number of piperidine rings is 1. The molecule has 20 heavy (non-hydrogen) atoms. The zero-order valence-electron chi connectivity index (χ0n) is 12.0. The Hall–Kier alpha value is -1.85. The molecule has 1 aliphatic rings. The molecule has 0 radical (unpaired) electrons. The molecule has 1 aromatic heterocycles. The van der Waals surface area contributed by atoms with E-state index in [-0.39, 0.29) is 5.91 Å². The van der Waals surface area contributed by atoms with E-state index < -0.39 is 12.0 Å². The second kappa shape index (κ2) is 6.07. The van der Waals surface area contributed by atoms with Crippen molar-refractivity contribution in [2.24, 2.45) is 0 Å². The highest BCUT2D eigenvalue weighted by Crippen LogP contribution is 2.18. The van der Waals surface area contributed by atoms with E-state index in [0.717, 1.165) is 24.2 Å². The Morgan fingerprint density at radius 1 is 1.40 bits per heavy atom. The molecule has 1 aliphatic heterocycles. The summed E-state index contributed by atoms with van der Waals surface area (Å²) in [6.07, 6.45) is 2.61. The lowest BCUT2D eigenvalue weighted by Gasteiger charge is -2.33. The summed E-state index contributed by atoms with van der Waals surface area (Å²) in [4.78, 5) is 24.9. The molecule has 2 heterocycles. The molecule has 1 atom stereocenters. The minimum atomic E-state index is -0.899. The molecular formula is C14H21N3O3. The van der Waals surface area contributed by atoms with Gasteiger partial charge in [-0.3, -0.25) is 9.48 Å². The third kappa shape index (κ3) is 3.18. The molecule has 0 aliphatic carbocycles. The molecule has 1 amide bonds. The normalized spacial score (nSPS) is 19.1. The van der Waals surface area contributed by atoms with E-state index in [9.17, 15) is 14.7 Å². The first-order chi connectivity index (χ1) is 9.49. The van der Waals surface area contributed by atoms with Crippen LogP contribution in [0, 0.1) is 13.8 Å². The number of carbonyl (C=O) groups is 2. The zero-order chi connectivity index (χ0) is 14.7. The van der Waals surface area contributed by atoms with Gasteiger partial charge in [-0.2, -0.15) is 5.10 Å². The minimum Gasteiger partial charge on any atom is -0.480 e. The Morgan fingerprint density at radius 3 is 2.75 bits per heavy atom. The number of carboxylic acid groups (broad SMARTS) is 1. The number of carbonyl (C=O) groups excluding carboxylic acids is 1. The first-order valence-electron chi connectivity index (χ1n) is 7.02. The molecule has 2 rings (SSSR count). The lowest BCUT2D eigenvalue weighted by Crippen LogP contribution is -2.48. The highest BCUT2D eigenvalue weighted by Gasteiger charge is 2.31. The van der Waals surface area contributed by atoms with Gasteiger partial charge in [0.1, 0.15) is 6.04 Å². The molecule has 1 unspecified atom stereocenters. The van der Waals surface area contributed by atoms with Gasteiger partial charge in [-0.1, -0.05) is 0 Å². The van der Waals surface area contributed by atoms with E-state index >= 15 is 0 Å². The second-order valence-electron chi connectivity index (χ2n) is 5.34. The third-order valence-electron chi connectivity index (χ3n) is 3.75. The van der Waals surface area contributed by atoms with Crippen LogP contribution >= 0.6 is 0 Å². The Morgan fingerprint density at radius 2 is 2.15 bits per heavy atom. The number of aliphatic carboxylic acids is 1. The highest BCUT2D eigenvalue weighted by atomic mass is 16.4. The molecule has 1 saturated heterocycles. The number of rotatable bonds is 4. The van der Waals surface area contributed by atoms with E-state index in [1.54, 1.807) is 4.68 Å². The molecule has 0 aromatic carbocycles. The number of hydrogen-bond acceptors (Lipinski definition) is 3. The second-order valence-corrected chi connectivity index (χ2v) is 5.34. The predicted octanol–water partition coefficient (Wildman–Crippen LogP) is 1.36. The smallest absolute Gasteiger partial charge is 0.326 e. The zero-order valence-corrected chi connectivity index (χ0v) is 12.0. The van der Waals surface area contributed by atoms with Gasteiger partial charge in [0.15, 0.2) is 0 Å². The SMILES string of the molecule is Cc1cc(C)n(CCC(=O)N2CCCCC2C(=O)O)n1. The summed E-state index contributed by atoms with van der Waals surface area (Å²) in [5.41, 5.74) is 1.94. The van der Waals surface area contributed by atoms with Crippen molar-refractivity contribution in [3.05, 3.63) is 17.5 Å². The van der Waals surface area contributed by atoms with Crippen molar-refractivity contribution < 1.29 is 14.7 Å². The summed E-state index contributed by atoms with van der Waals surface area (Å²) >= 11 is 0. The summed E-state index contributed by atoms with van der Waals surface area (Å²) in [6, 6.07) is 1.31. The monoisotopic (exact) mass is 279 g/mol. The number of hydrogen-bond donors (Lipinski definition) is 1. The Labute approximate surface area is 118 Å². The standard InChI is InChI=1S/C14H21N3O3/c1-10-9-11(2)17(15-10)8-6-13(18)16-7-4-3-5-12(16)14(19)20/h9,12H,3-8H2,1-2H3,(H,19,20). The summed E-state index contributed by atoms with van der Waals surface area (Å²) in [7, 11) is 0. The van der Waals surface area contributed by atoms with Gasteiger partial charge >= 0.3 is 5.97 Å². The number of aromatic nitrogens is 2. The van der Waals surface area contributed by atoms with E-state index in [1.807, 2.05) is 19.9 Å². The maximum Gasteiger partial charge on any atom is 0.326 e. The van der Waals surface area contributed by atoms with Gasteiger partial charge < -0.3 is 10.0 Å². The first-order valence-corrected chi connectivity index (χ1v) is 7.02. The fraction of sp³-hybridized carbons (Fsp3) is 0.643. The van der Waals surface area contributed by atoms with Crippen LogP contribution in [0.4, 0.5) is 0 Å². The van der Waals surface area contributed by atoms with Gasteiger partial charge in [0.25, 0.3) is 0 Å². The van der Waals surface area contributed by atoms with Crippen LogP contribution in [0.3, 0.4) is 0 Å². The van der Waals surface area contributed by atoms with Crippen molar-refractivity contribution in [3.63, 3.8) is 0 Å². The van der Waals surface area contributed by atoms with Crippen LogP contribution in [0.15, 0.2) is 6.07 Å². The van der Waals surface area contributed by atoms with Gasteiger partial charge in [-0.25, -0.2) is 4.79 Å². The van der Waals surface area contributed by atoms with Crippen LogP contribution in [0.2, 0.25) is 0 Å². The lowest BCUT2D eigenvalue weighted by molar-refractivity contribution is -0.152. The highest BCUT2D eigenvalue weighted by molar-refractivity contribution is 5.83. The largest absolute Gasteiger partial charge is 0.480 e. The van der Waals surface area contributed by atoms with Gasteiger partial charge in [0.05, 0.1) is 5.69 Å². The molecule has 0 bridgehead atoms. The van der Waals surface area contributed by atoms with Gasteiger partial charge in [0, 0.05) is 25.2 Å². The molecule has 1 N–H and O–H groups in total. The molecule has 1 aromatic rings. The maximum atomic E-state index is 12.2. The van der Waals surface area contributed by atoms with Crippen LogP contribution in [0.1, 0.15) is 37.1 Å². The van der Waals surface area contributed by atoms with Gasteiger partial charge in [0.2, 0.25) is 5.91 Å². The maximum absolute atomic E-state index is 12.2. The van der Waals surface area contributed by atoms with Crippen molar-refractivity contribution in [3.8, 4) is 0 Å². The number of amides is 1. The van der Waals surface area contributed by atoms with Crippen molar-refractivity contribution in [2.75, 3.05) is 6.54 Å². The van der Waals surface area contributed by atoms with E-state index in [1.165, 1.54) is 4.90 Å². The topological polar surface area (TPSA) is 75.4 Å². The van der Waals surface area contributed by atoms with Gasteiger partial charge in [-0.05, 0) is 39.2 Å². The molecular weight excluding hydrogens is 258 g/mol. The fourth-order valence-corrected chi connectivity index (χ4v) is 2.73. The number of aryl methyl sites for hydroxylation is 3. The van der Waals surface area contributed by atoms with E-state index in [2.05, 4.69) is 5.10 Å². The number of carboxylic acids is 1. The van der Waals surface area contributed by atoms with Crippen LogP contribution < -0.4 is 0 Å². The van der Waals surface area contributed by atoms with Crippen LogP contribution in [-0.4, -0.2) is 44.3 Å². The average molecular weight is 279 g/mol. The summed E-state index contributed by atoms with van der Waals surface area (Å²) in [6.45, 7) is 4.91. The fourth-order valence-electron chi connectivity index (χ4n) is 2.73. The van der Waals surface area contributed by atoms with Crippen LogP contribution in [0.25, 0.3) is 0 Å². The van der Waals surface area contributed by atoms with Crippen molar-refractivity contribution >= 4 is 11.9 Å². The van der Waals surface area contributed by atoms with Crippen LogP contribution in [-0.2, 0) is 16.1 Å². The molecule has 0 saturated carbocycles. The predicted molar refractivity (Wildman–Crippen MR) is 73.3 cm³/mol. The molecule has 110 valence electrons. The lowest BCUT2D eigenvalue weighted by atomic mass is 10.0. The van der Waals surface area contributed by atoms with Crippen molar-refractivity contribution in [1.82, 2.24) is 14.7 Å². The molecule has 1 fully saturated rings. The first kappa shape index (κ1) is 14.6. The summed E-state index contributed by atoms with van der Waals surface area (Å²) in [5.74, 6) is -0.992. The van der Waals surface area contributed by atoms with Crippen molar-refractivity contribution in [2.45, 2.75) is 52.1 Å². The van der Waals surface area contributed by atoms with E-state index in [0.29, 0.717) is 25.9 Å². The van der Waals surface area contributed by atoms with E-state index in [4.69, 9.17) is 0 Å². The Kier molecular flexibility index (Phi) is 4.42. The molecule has 0 spiro atoms. The average Bonchev–Trinajstić information content (AvgIpc) is 2.74. The van der Waals surface area contributed by atoms with Crippen LogP contribution in [0.5, 0.6) is 0 Å².